The first-order valence-electron chi connectivity index (χ1n) is 27.5. The van der Waals surface area contributed by atoms with Crippen LogP contribution in [0.4, 0.5) is 0 Å². The van der Waals surface area contributed by atoms with Gasteiger partial charge in [-0.25, -0.2) is 0 Å². The minimum absolute atomic E-state index is 0.0778. The van der Waals surface area contributed by atoms with Crippen LogP contribution in [0.3, 0.4) is 0 Å². The van der Waals surface area contributed by atoms with Gasteiger partial charge in [0.15, 0.2) is 0 Å². The number of amides is 1. The molecule has 0 rings (SSSR count). The average Bonchev–Trinajstić information content (AvgIpc) is 3.28. The summed E-state index contributed by atoms with van der Waals surface area (Å²) >= 11 is 0. The smallest absolute Gasteiger partial charge is 0.220 e. The lowest BCUT2D eigenvalue weighted by Gasteiger charge is -2.19. The highest BCUT2D eigenvalue weighted by atomic mass is 16.3. The van der Waals surface area contributed by atoms with Crippen LogP contribution in [-0.4, -0.2) is 34.9 Å². The van der Waals surface area contributed by atoms with Gasteiger partial charge in [-0.3, -0.25) is 4.79 Å². The number of aliphatic hydroxyl groups is 2. The van der Waals surface area contributed by atoms with Crippen molar-refractivity contribution in [2.75, 3.05) is 6.61 Å². The lowest BCUT2D eigenvalue weighted by molar-refractivity contribution is -0.123. The van der Waals surface area contributed by atoms with Gasteiger partial charge in [-0.05, 0) is 77.0 Å². The lowest BCUT2D eigenvalue weighted by Crippen LogP contribution is -2.45. The molecule has 0 saturated carbocycles. The summed E-state index contributed by atoms with van der Waals surface area (Å²) in [5.74, 6) is -0.0778. The van der Waals surface area contributed by atoms with Crippen molar-refractivity contribution in [2.45, 2.75) is 296 Å². The van der Waals surface area contributed by atoms with Crippen LogP contribution in [-0.2, 0) is 4.79 Å². The van der Waals surface area contributed by atoms with Crippen molar-refractivity contribution in [1.82, 2.24) is 5.32 Å². The zero-order chi connectivity index (χ0) is 44.9. The van der Waals surface area contributed by atoms with Crippen LogP contribution in [0, 0.1) is 0 Å². The van der Waals surface area contributed by atoms with Gasteiger partial charge in [0.05, 0.1) is 18.8 Å². The third kappa shape index (κ3) is 49.1. The van der Waals surface area contributed by atoms with Crippen molar-refractivity contribution in [3.05, 3.63) is 60.8 Å². The molecule has 3 N–H and O–H groups in total. The van der Waals surface area contributed by atoms with E-state index in [0.29, 0.717) is 6.42 Å². The number of aliphatic hydroxyl groups excluding tert-OH is 2. The molecule has 1 amide bonds. The van der Waals surface area contributed by atoms with Crippen molar-refractivity contribution in [3.8, 4) is 0 Å². The Morgan fingerprint density at radius 3 is 1.06 bits per heavy atom. The summed E-state index contributed by atoms with van der Waals surface area (Å²) in [5, 5.41) is 23.0. The first kappa shape index (κ1) is 60.1. The SMILES string of the molecule is CCCCC/C=C/CC/C=C/CC/C=C/C(O)C(CO)NC(=O)CCCCCCCCCCCCCCCCCCC/C=C\C/C=C\CCCCCCCCCCCCCCC. The Labute approximate surface area is 387 Å². The Morgan fingerprint density at radius 1 is 0.387 bits per heavy atom. The number of carbonyl (C=O) groups is 1. The van der Waals surface area contributed by atoms with Gasteiger partial charge in [-0.1, -0.05) is 261 Å². The summed E-state index contributed by atoms with van der Waals surface area (Å²) in [6.07, 6.45) is 75.4. The van der Waals surface area contributed by atoms with E-state index < -0.39 is 12.1 Å². The largest absolute Gasteiger partial charge is 0.394 e. The highest BCUT2D eigenvalue weighted by Crippen LogP contribution is 2.16. The Kier molecular flexibility index (Phi) is 51.8. The van der Waals surface area contributed by atoms with E-state index in [4.69, 9.17) is 0 Å². The zero-order valence-corrected chi connectivity index (χ0v) is 41.6. The summed E-state index contributed by atoms with van der Waals surface area (Å²) < 4.78 is 0. The number of allylic oxidation sites excluding steroid dienone is 9. The standard InChI is InChI=1S/C58H107NO3/c1-3-5-7-9-11-13-15-17-18-19-20-21-22-23-24-25-26-27-28-29-30-31-32-33-34-35-36-37-38-39-40-42-44-46-48-50-52-54-58(62)59-56(55-60)57(61)53-51-49-47-45-43-41-16-14-12-10-8-6-4-2/h12,14,24-25,27-28,43,45,51,53,56-57,60-61H,3-11,13,15-23,26,29-42,44,46-50,52,54-55H2,1-2H3,(H,59,62)/b14-12+,25-24-,28-27-,45-43+,53-51+. The molecule has 0 aromatic heterocycles. The summed E-state index contributed by atoms with van der Waals surface area (Å²) in [5.41, 5.74) is 0. The minimum Gasteiger partial charge on any atom is -0.394 e. The second kappa shape index (κ2) is 53.4. The molecule has 2 atom stereocenters. The van der Waals surface area contributed by atoms with Crippen LogP contribution in [0.25, 0.3) is 0 Å². The molecule has 0 aromatic rings. The van der Waals surface area contributed by atoms with Crippen molar-refractivity contribution in [1.29, 1.82) is 0 Å². The molecule has 0 bridgehead atoms. The van der Waals surface area contributed by atoms with Crippen LogP contribution in [0.5, 0.6) is 0 Å². The lowest BCUT2D eigenvalue weighted by atomic mass is 10.0. The highest BCUT2D eigenvalue weighted by Gasteiger charge is 2.17. The Hall–Kier alpha value is -1.91. The van der Waals surface area contributed by atoms with Crippen LogP contribution >= 0.6 is 0 Å². The van der Waals surface area contributed by atoms with Gasteiger partial charge < -0.3 is 15.5 Å². The second-order valence-corrected chi connectivity index (χ2v) is 18.6. The molecule has 4 heteroatoms. The maximum Gasteiger partial charge on any atom is 0.220 e. The summed E-state index contributed by atoms with van der Waals surface area (Å²) in [6.45, 7) is 4.27. The van der Waals surface area contributed by atoms with E-state index >= 15 is 0 Å². The van der Waals surface area contributed by atoms with Crippen molar-refractivity contribution >= 4 is 5.91 Å². The summed E-state index contributed by atoms with van der Waals surface area (Å²) in [4.78, 5) is 12.4. The predicted octanol–water partition coefficient (Wildman–Crippen LogP) is 18.0. The van der Waals surface area contributed by atoms with Gasteiger partial charge in [-0.2, -0.15) is 0 Å². The molecule has 0 aliphatic rings. The molecular formula is C58H107NO3. The van der Waals surface area contributed by atoms with Gasteiger partial charge in [0.25, 0.3) is 0 Å². The van der Waals surface area contributed by atoms with Crippen LogP contribution in [0.2, 0.25) is 0 Å². The molecule has 0 heterocycles. The molecule has 0 aliphatic carbocycles. The molecule has 0 aromatic carbocycles. The van der Waals surface area contributed by atoms with E-state index in [2.05, 4.69) is 67.8 Å². The van der Waals surface area contributed by atoms with E-state index in [-0.39, 0.29) is 12.5 Å². The van der Waals surface area contributed by atoms with Crippen molar-refractivity contribution in [3.63, 3.8) is 0 Å². The van der Waals surface area contributed by atoms with Gasteiger partial charge in [-0.15, -0.1) is 0 Å². The van der Waals surface area contributed by atoms with Crippen molar-refractivity contribution < 1.29 is 15.0 Å². The molecule has 0 aliphatic heterocycles. The first-order chi connectivity index (χ1) is 30.7. The van der Waals surface area contributed by atoms with Crippen LogP contribution in [0.1, 0.15) is 284 Å². The first-order valence-corrected chi connectivity index (χ1v) is 27.5. The number of rotatable bonds is 50. The van der Waals surface area contributed by atoms with Gasteiger partial charge in [0.1, 0.15) is 0 Å². The fraction of sp³-hybridized carbons (Fsp3) is 0.810. The topological polar surface area (TPSA) is 69.6 Å². The Morgan fingerprint density at radius 2 is 0.677 bits per heavy atom. The molecule has 0 spiro atoms. The summed E-state index contributed by atoms with van der Waals surface area (Å²) in [7, 11) is 0. The molecular weight excluding hydrogens is 759 g/mol. The van der Waals surface area contributed by atoms with Crippen LogP contribution < -0.4 is 5.32 Å². The van der Waals surface area contributed by atoms with E-state index in [1.165, 1.54) is 218 Å². The van der Waals surface area contributed by atoms with Crippen molar-refractivity contribution in [2.24, 2.45) is 0 Å². The summed E-state index contributed by atoms with van der Waals surface area (Å²) in [6, 6.07) is -0.646. The number of nitrogens with one attached hydrogen (secondary N) is 1. The maximum atomic E-state index is 12.4. The number of carbonyl (C=O) groups excluding carboxylic acids is 1. The van der Waals surface area contributed by atoms with Crippen LogP contribution in [0.15, 0.2) is 60.8 Å². The molecule has 62 heavy (non-hydrogen) atoms. The average molecular weight is 866 g/mol. The zero-order valence-electron chi connectivity index (χ0n) is 41.6. The second-order valence-electron chi connectivity index (χ2n) is 18.6. The van der Waals surface area contributed by atoms with E-state index in [1.807, 2.05) is 6.08 Å². The predicted molar refractivity (Wildman–Crippen MR) is 276 cm³/mol. The highest BCUT2D eigenvalue weighted by molar-refractivity contribution is 5.76. The van der Waals surface area contributed by atoms with E-state index in [1.54, 1.807) is 6.08 Å². The molecule has 4 nitrogen and oxygen atoms in total. The van der Waals surface area contributed by atoms with Gasteiger partial charge >= 0.3 is 0 Å². The van der Waals surface area contributed by atoms with E-state index in [0.717, 1.165) is 44.9 Å². The monoisotopic (exact) mass is 866 g/mol. The minimum atomic E-state index is -0.870. The number of unbranched alkanes of at least 4 members (excludes halogenated alkanes) is 35. The van der Waals surface area contributed by atoms with Gasteiger partial charge in [0, 0.05) is 6.42 Å². The normalized spacial score (nSPS) is 13.3. The fourth-order valence-corrected chi connectivity index (χ4v) is 8.24. The quantitative estimate of drug-likeness (QED) is 0.0421. The maximum absolute atomic E-state index is 12.4. The van der Waals surface area contributed by atoms with Gasteiger partial charge in [0.2, 0.25) is 5.91 Å². The van der Waals surface area contributed by atoms with E-state index in [9.17, 15) is 15.0 Å². The Balaban J connectivity index is 3.45. The molecule has 0 saturated heterocycles. The third-order valence-electron chi connectivity index (χ3n) is 12.5. The number of hydrogen-bond acceptors (Lipinski definition) is 3. The Bertz CT molecular complexity index is 1030. The molecule has 2 unspecified atom stereocenters. The fourth-order valence-electron chi connectivity index (χ4n) is 8.24. The number of hydrogen-bond donors (Lipinski definition) is 3. The third-order valence-corrected chi connectivity index (χ3v) is 12.5. The molecule has 362 valence electrons. The molecule has 0 fully saturated rings. The molecule has 0 radical (unpaired) electrons.